The highest BCUT2D eigenvalue weighted by Gasteiger charge is 2.22. The number of aromatic nitrogens is 2. The number of amides is 1. The van der Waals surface area contributed by atoms with Gasteiger partial charge in [-0.05, 0) is 39.3 Å². The molecular weight excluding hydrogens is 376 g/mol. The van der Waals surface area contributed by atoms with E-state index in [9.17, 15) is 4.79 Å². The first-order valence-electron chi connectivity index (χ1n) is 8.38. The third-order valence-corrected chi connectivity index (χ3v) is 6.77. The van der Waals surface area contributed by atoms with Crippen molar-refractivity contribution in [1.82, 2.24) is 20.2 Å². The van der Waals surface area contributed by atoms with Crippen molar-refractivity contribution in [3.05, 3.63) is 16.8 Å². The van der Waals surface area contributed by atoms with Gasteiger partial charge in [0.1, 0.15) is 16.2 Å². The Morgan fingerprint density at radius 2 is 2.24 bits per heavy atom. The summed E-state index contributed by atoms with van der Waals surface area (Å²) in [5, 5.41) is 5.44. The SMILES string of the molecule is CNC1CCCN(C(=O)CCSc2ncnc3sc(C)c(C)c23)C1.Cl. The molecule has 1 atom stereocenters. The van der Waals surface area contributed by atoms with Crippen LogP contribution in [0.3, 0.4) is 0 Å². The Kier molecular flexibility index (Phi) is 7.49. The Morgan fingerprint density at radius 1 is 1.44 bits per heavy atom. The number of likely N-dealkylation sites (tertiary alicyclic amines) is 1. The van der Waals surface area contributed by atoms with Crippen molar-refractivity contribution in [3.8, 4) is 0 Å². The van der Waals surface area contributed by atoms with E-state index in [0.717, 1.165) is 46.9 Å². The number of hydrogen-bond acceptors (Lipinski definition) is 6. The van der Waals surface area contributed by atoms with E-state index in [1.54, 1.807) is 29.4 Å². The molecule has 5 nitrogen and oxygen atoms in total. The van der Waals surface area contributed by atoms with Crippen LogP contribution >= 0.6 is 35.5 Å². The highest BCUT2D eigenvalue weighted by molar-refractivity contribution is 7.99. The maximum atomic E-state index is 12.4. The zero-order valence-electron chi connectivity index (χ0n) is 14.9. The maximum absolute atomic E-state index is 12.4. The second kappa shape index (κ2) is 9.16. The lowest BCUT2D eigenvalue weighted by Gasteiger charge is -2.32. The Morgan fingerprint density at radius 3 is 3.00 bits per heavy atom. The molecule has 1 aliphatic rings. The number of fused-ring (bicyclic) bond motifs is 1. The van der Waals surface area contributed by atoms with Crippen molar-refractivity contribution in [1.29, 1.82) is 0 Å². The van der Waals surface area contributed by atoms with Crippen LogP contribution in [0.4, 0.5) is 0 Å². The molecule has 3 heterocycles. The average Bonchev–Trinajstić information content (AvgIpc) is 2.90. The smallest absolute Gasteiger partial charge is 0.223 e. The number of carbonyl (C=O) groups is 1. The van der Waals surface area contributed by atoms with E-state index >= 15 is 0 Å². The third kappa shape index (κ3) is 4.64. The molecule has 0 radical (unpaired) electrons. The summed E-state index contributed by atoms with van der Waals surface area (Å²) in [6.07, 6.45) is 4.44. The highest BCUT2D eigenvalue weighted by atomic mass is 35.5. The summed E-state index contributed by atoms with van der Waals surface area (Å²) in [5.41, 5.74) is 1.26. The molecule has 0 bridgehead atoms. The highest BCUT2D eigenvalue weighted by Crippen LogP contribution is 2.34. The minimum atomic E-state index is 0. The number of hydrogen-bond donors (Lipinski definition) is 1. The van der Waals surface area contributed by atoms with Crippen LogP contribution in [0.15, 0.2) is 11.4 Å². The van der Waals surface area contributed by atoms with Crippen molar-refractivity contribution in [2.24, 2.45) is 0 Å². The van der Waals surface area contributed by atoms with Gasteiger partial charge >= 0.3 is 0 Å². The van der Waals surface area contributed by atoms with E-state index < -0.39 is 0 Å². The molecule has 1 fully saturated rings. The van der Waals surface area contributed by atoms with E-state index in [2.05, 4.69) is 29.1 Å². The molecule has 0 aliphatic carbocycles. The standard InChI is InChI=1S/C17H24N4OS2.ClH/c1-11-12(2)24-17-15(11)16(19-10-20-17)23-8-6-14(22)21-7-4-5-13(9-21)18-3;/h10,13,18H,4-9H2,1-3H3;1H. The van der Waals surface area contributed by atoms with Crippen LogP contribution in [-0.4, -0.2) is 52.7 Å². The van der Waals surface area contributed by atoms with Crippen molar-refractivity contribution in [2.45, 2.75) is 44.2 Å². The lowest BCUT2D eigenvalue weighted by atomic mass is 10.1. The summed E-state index contributed by atoms with van der Waals surface area (Å²) in [5.74, 6) is 1.02. The van der Waals surface area contributed by atoms with E-state index in [1.165, 1.54) is 10.4 Å². The predicted octanol–water partition coefficient (Wildman–Crippen LogP) is 3.42. The number of thioether (sulfide) groups is 1. The molecule has 0 saturated carbocycles. The second-order valence-electron chi connectivity index (χ2n) is 6.21. The molecule has 8 heteroatoms. The molecule has 3 rings (SSSR count). The molecule has 25 heavy (non-hydrogen) atoms. The third-order valence-electron chi connectivity index (χ3n) is 4.67. The van der Waals surface area contributed by atoms with Gasteiger partial charge in [-0.1, -0.05) is 0 Å². The molecule has 138 valence electrons. The Balaban J connectivity index is 0.00000225. The van der Waals surface area contributed by atoms with Crippen molar-refractivity contribution >= 4 is 51.6 Å². The van der Waals surface area contributed by atoms with Crippen LogP contribution in [0.5, 0.6) is 0 Å². The van der Waals surface area contributed by atoms with Gasteiger partial charge < -0.3 is 10.2 Å². The average molecular weight is 401 g/mol. The Hall–Kier alpha value is -0.890. The van der Waals surface area contributed by atoms with Crippen LogP contribution < -0.4 is 5.32 Å². The number of nitrogens with one attached hydrogen (secondary N) is 1. The molecule has 2 aromatic rings. The Bertz CT molecular complexity index is 737. The van der Waals surface area contributed by atoms with E-state index in [1.807, 2.05) is 11.9 Å². The lowest BCUT2D eigenvalue weighted by Crippen LogP contribution is -2.47. The molecular formula is C17H25ClN4OS2. The quantitative estimate of drug-likeness (QED) is 0.615. The first-order chi connectivity index (χ1) is 11.6. The molecule has 1 amide bonds. The summed E-state index contributed by atoms with van der Waals surface area (Å²) in [6.45, 7) is 5.97. The van der Waals surface area contributed by atoms with Crippen molar-refractivity contribution in [3.63, 3.8) is 0 Å². The van der Waals surface area contributed by atoms with Crippen LogP contribution in [0, 0.1) is 13.8 Å². The number of piperidine rings is 1. The summed E-state index contributed by atoms with van der Waals surface area (Å²) in [4.78, 5) is 25.6. The van der Waals surface area contributed by atoms with Gasteiger partial charge in [0.05, 0.1) is 0 Å². The minimum absolute atomic E-state index is 0. The fraction of sp³-hybridized carbons (Fsp3) is 0.588. The largest absolute Gasteiger partial charge is 0.341 e. The van der Waals surface area contributed by atoms with Gasteiger partial charge in [0.2, 0.25) is 5.91 Å². The minimum Gasteiger partial charge on any atom is -0.341 e. The monoisotopic (exact) mass is 400 g/mol. The number of carbonyl (C=O) groups excluding carboxylic acids is 1. The number of thiophene rings is 1. The number of halogens is 1. The number of aryl methyl sites for hydroxylation is 2. The van der Waals surface area contributed by atoms with Crippen LogP contribution in [0.2, 0.25) is 0 Å². The zero-order chi connectivity index (χ0) is 17.1. The van der Waals surface area contributed by atoms with Gasteiger partial charge in [0, 0.05) is 41.6 Å². The molecule has 0 spiro atoms. The summed E-state index contributed by atoms with van der Waals surface area (Å²) < 4.78 is 0. The zero-order valence-corrected chi connectivity index (χ0v) is 17.3. The van der Waals surface area contributed by atoms with Gasteiger partial charge in [0.25, 0.3) is 0 Å². The molecule has 1 saturated heterocycles. The second-order valence-corrected chi connectivity index (χ2v) is 8.50. The van der Waals surface area contributed by atoms with Gasteiger partial charge in [-0.25, -0.2) is 9.97 Å². The number of likely N-dealkylation sites (N-methyl/N-ethyl adjacent to an activating group) is 1. The Labute approximate surface area is 163 Å². The van der Waals surface area contributed by atoms with Crippen LogP contribution in [0.25, 0.3) is 10.2 Å². The molecule has 1 unspecified atom stereocenters. The normalized spacial score (nSPS) is 17.6. The molecule has 2 aromatic heterocycles. The van der Waals surface area contributed by atoms with Crippen LogP contribution in [0.1, 0.15) is 29.7 Å². The van der Waals surface area contributed by atoms with Crippen molar-refractivity contribution < 1.29 is 4.79 Å². The molecule has 0 aromatic carbocycles. The summed E-state index contributed by atoms with van der Waals surface area (Å²) in [7, 11) is 1.97. The van der Waals surface area contributed by atoms with Gasteiger partial charge in [-0.2, -0.15) is 0 Å². The predicted molar refractivity (Wildman–Crippen MR) is 108 cm³/mol. The number of rotatable bonds is 5. The van der Waals surface area contributed by atoms with Gasteiger partial charge in [-0.15, -0.1) is 35.5 Å². The first kappa shape index (κ1) is 20.4. The summed E-state index contributed by atoms with van der Waals surface area (Å²) >= 11 is 3.38. The summed E-state index contributed by atoms with van der Waals surface area (Å²) in [6, 6.07) is 0.438. The van der Waals surface area contributed by atoms with Crippen molar-refractivity contribution in [2.75, 3.05) is 25.9 Å². The van der Waals surface area contributed by atoms with Crippen LogP contribution in [-0.2, 0) is 4.79 Å². The lowest BCUT2D eigenvalue weighted by molar-refractivity contribution is -0.132. The van der Waals surface area contributed by atoms with Gasteiger partial charge in [-0.3, -0.25) is 4.79 Å². The topological polar surface area (TPSA) is 58.1 Å². The van der Waals surface area contributed by atoms with E-state index in [-0.39, 0.29) is 18.3 Å². The fourth-order valence-electron chi connectivity index (χ4n) is 3.09. The maximum Gasteiger partial charge on any atom is 0.223 e. The van der Waals surface area contributed by atoms with E-state index in [4.69, 9.17) is 0 Å². The van der Waals surface area contributed by atoms with Gasteiger partial charge in [0.15, 0.2) is 0 Å². The molecule has 1 N–H and O–H groups in total. The van der Waals surface area contributed by atoms with E-state index in [0.29, 0.717) is 12.5 Å². The fourth-order valence-corrected chi connectivity index (χ4v) is 5.14. The first-order valence-corrected chi connectivity index (χ1v) is 10.2. The molecule has 1 aliphatic heterocycles. The number of nitrogens with zero attached hydrogens (tertiary/aromatic N) is 3.